The summed E-state index contributed by atoms with van der Waals surface area (Å²) in [6.45, 7) is 1.43. The fourth-order valence-corrected chi connectivity index (χ4v) is 2.75. The van der Waals surface area contributed by atoms with Crippen molar-refractivity contribution in [2.75, 3.05) is 5.75 Å². The van der Waals surface area contributed by atoms with Crippen LogP contribution in [-0.4, -0.2) is 25.4 Å². The van der Waals surface area contributed by atoms with Gasteiger partial charge in [0.05, 0.1) is 16.8 Å². The second-order valence-corrected chi connectivity index (χ2v) is 5.56. The maximum atomic E-state index is 11.6. The third-order valence-corrected chi connectivity index (χ3v) is 3.74. The van der Waals surface area contributed by atoms with Crippen LogP contribution in [0.2, 0.25) is 5.02 Å². The number of halogens is 1. The molecular formula is C9H11ClO3S. The van der Waals surface area contributed by atoms with Crippen molar-refractivity contribution in [2.45, 2.75) is 17.9 Å². The van der Waals surface area contributed by atoms with Crippen LogP contribution in [0.1, 0.15) is 6.92 Å². The molecule has 0 aliphatic rings. The molecule has 1 atom stereocenters. The van der Waals surface area contributed by atoms with Crippen molar-refractivity contribution in [2.24, 2.45) is 0 Å². The molecule has 5 heteroatoms. The number of aliphatic hydroxyl groups excluding tert-OH is 1. The lowest BCUT2D eigenvalue weighted by atomic mass is 10.4. The van der Waals surface area contributed by atoms with Gasteiger partial charge in [-0.15, -0.1) is 0 Å². The maximum absolute atomic E-state index is 11.6. The molecule has 0 bridgehead atoms. The highest BCUT2D eigenvalue weighted by molar-refractivity contribution is 7.91. The van der Waals surface area contributed by atoms with Crippen LogP contribution in [0.15, 0.2) is 29.2 Å². The molecule has 0 fully saturated rings. The van der Waals surface area contributed by atoms with Gasteiger partial charge in [-0.1, -0.05) is 17.7 Å². The van der Waals surface area contributed by atoms with Crippen molar-refractivity contribution in [3.63, 3.8) is 0 Å². The highest BCUT2D eigenvalue weighted by Gasteiger charge is 2.16. The highest BCUT2D eigenvalue weighted by atomic mass is 35.5. The van der Waals surface area contributed by atoms with Crippen molar-refractivity contribution < 1.29 is 13.5 Å². The fraction of sp³-hybridized carbons (Fsp3) is 0.333. The Hall–Kier alpha value is -0.580. The molecule has 78 valence electrons. The molecule has 1 aromatic carbocycles. The molecule has 0 heterocycles. The SMILES string of the molecule is CC(O)CS(=O)(=O)c1cccc(Cl)c1. The van der Waals surface area contributed by atoms with Gasteiger partial charge in [0.2, 0.25) is 0 Å². The molecule has 0 aliphatic heterocycles. The first-order valence-electron chi connectivity index (χ1n) is 4.08. The number of hydrogen-bond donors (Lipinski definition) is 1. The van der Waals surface area contributed by atoms with Gasteiger partial charge in [0.1, 0.15) is 0 Å². The summed E-state index contributed by atoms with van der Waals surface area (Å²) < 4.78 is 23.2. The van der Waals surface area contributed by atoms with Gasteiger partial charge in [0, 0.05) is 5.02 Å². The van der Waals surface area contributed by atoms with Crippen LogP contribution in [0.3, 0.4) is 0 Å². The predicted molar refractivity (Wildman–Crippen MR) is 55.2 cm³/mol. The van der Waals surface area contributed by atoms with Gasteiger partial charge < -0.3 is 5.11 Å². The van der Waals surface area contributed by atoms with Crippen LogP contribution < -0.4 is 0 Å². The summed E-state index contributed by atoms with van der Waals surface area (Å²) in [6, 6.07) is 6.00. The van der Waals surface area contributed by atoms with E-state index in [-0.39, 0.29) is 10.6 Å². The lowest BCUT2D eigenvalue weighted by molar-refractivity contribution is 0.218. The molecule has 1 unspecified atom stereocenters. The third kappa shape index (κ3) is 2.97. The summed E-state index contributed by atoms with van der Waals surface area (Å²) in [6.07, 6.45) is -0.876. The first kappa shape index (κ1) is 11.5. The summed E-state index contributed by atoms with van der Waals surface area (Å²) in [4.78, 5) is 0.144. The molecule has 0 aliphatic carbocycles. The van der Waals surface area contributed by atoms with Crippen molar-refractivity contribution in [3.05, 3.63) is 29.3 Å². The van der Waals surface area contributed by atoms with E-state index in [0.29, 0.717) is 5.02 Å². The number of aliphatic hydroxyl groups is 1. The Morgan fingerprint density at radius 3 is 2.64 bits per heavy atom. The lowest BCUT2D eigenvalue weighted by Crippen LogP contribution is -2.17. The van der Waals surface area contributed by atoms with Crippen LogP contribution in [0.5, 0.6) is 0 Å². The smallest absolute Gasteiger partial charge is 0.180 e. The average Bonchev–Trinajstić information content (AvgIpc) is 2.01. The molecule has 0 radical (unpaired) electrons. The minimum absolute atomic E-state index is 0.144. The molecule has 1 rings (SSSR count). The van der Waals surface area contributed by atoms with E-state index in [2.05, 4.69) is 0 Å². The van der Waals surface area contributed by atoms with E-state index in [1.54, 1.807) is 12.1 Å². The van der Waals surface area contributed by atoms with Crippen LogP contribution in [0.4, 0.5) is 0 Å². The summed E-state index contributed by atoms with van der Waals surface area (Å²) in [7, 11) is -3.42. The zero-order valence-electron chi connectivity index (χ0n) is 7.64. The molecule has 0 saturated heterocycles. The summed E-state index contributed by atoms with van der Waals surface area (Å²) in [5.74, 6) is -0.284. The summed E-state index contributed by atoms with van der Waals surface area (Å²) in [5, 5.41) is 9.38. The van der Waals surface area contributed by atoms with E-state index in [1.165, 1.54) is 19.1 Å². The Morgan fingerprint density at radius 2 is 2.14 bits per heavy atom. The van der Waals surface area contributed by atoms with E-state index in [0.717, 1.165) is 0 Å². The van der Waals surface area contributed by atoms with Crippen LogP contribution >= 0.6 is 11.6 Å². The zero-order chi connectivity index (χ0) is 10.8. The summed E-state index contributed by atoms with van der Waals surface area (Å²) in [5.41, 5.74) is 0. The maximum Gasteiger partial charge on any atom is 0.180 e. The van der Waals surface area contributed by atoms with Gasteiger partial charge in [-0.05, 0) is 25.1 Å². The Kier molecular flexibility index (Phi) is 3.53. The second kappa shape index (κ2) is 4.29. The van der Waals surface area contributed by atoms with Gasteiger partial charge in [0.15, 0.2) is 9.84 Å². The lowest BCUT2D eigenvalue weighted by Gasteiger charge is -2.06. The quantitative estimate of drug-likeness (QED) is 0.862. The Balaban J connectivity index is 3.05. The van der Waals surface area contributed by atoms with Gasteiger partial charge in [0.25, 0.3) is 0 Å². The topological polar surface area (TPSA) is 54.4 Å². The zero-order valence-corrected chi connectivity index (χ0v) is 9.22. The molecule has 3 nitrogen and oxygen atoms in total. The molecule has 1 N–H and O–H groups in total. The van der Waals surface area contributed by atoms with Crippen LogP contribution in [-0.2, 0) is 9.84 Å². The molecular weight excluding hydrogens is 224 g/mol. The van der Waals surface area contributed by atoms with Crippen molar-refractivity contribution in [1.82, 2.24) is 0 Å². The first-order valence-corrected chi connectivity index (χ1v) is 6.11. The van der Waals surface area contributed by atoms with E-state index in [1.807, 2.05) is 0 Å². The highest BCUT2D eigenvalue weighted by Crippen LogP contribution is 2.17. The molecule has 0 aromatic heterocycles. The number of benzene rings is 1. The van der Waals surface area contributed by atoms with Gasteiger partial charge >= 0.3 is 0 Å². The molecule has 0 saturated carbocycles. The number of rotatable bonds is 3. The predicted octanol–water partition coefficient (Wildman–Crippen LogP) is 1.49. The summed E-state index contributed by atoms with van der Waals surface area (Å²) >= 11 is 5.66. The van der Waals surface area contributed by atoms with Gasteiger partial charge in [-0.3, -0.25) is 0 Å². The van der Waals surface area contributed by atoms with Crippen molar-refractivity contribution >= 4 is 21.4 Å². The second-order valence-electron chi connectivity index (χ2n) is 3.09. The Bertz CT molecular complexity index is 412. The minimum atomic E-state index is -3.42. The minimum Gasteiger partial charge on any atom is -0.392 e. The first-order chi connectivity index (χ1) is 6.42. The molecule has 1 aromatic rings. The van der Waals surface area contributed by atoms with E-state index >= 15 is 0 Å². The third-order valence-electron chi connectivity index (χ3n) is 1.62. The largest absolute Gasteiger partial charge is 0.392 e. The molecule has 0 spiro atoms. The van der Waals surface area contributed by atoms with Crippen LogP contribution in [0, 0.1) is 0 Å². The fourth-order valence-electron chi connectivity index (χ4n) is 1.07. The Labute approximate surface area is 88.2 Å². The van der Waals surface area contributed by atoms with Crippen molar-refractivity contribution in [3.8, 4) is 0 Å². The van der Waals surface area contributed by atoms with E-state index < -0.39 is 15.9 Å². The number of sulfone groups is 1. The number of hydrogen-bond acceptors (Lipinski definition) is 3. The van der Waals surface area contributed by atoms with E-state index in [9.17, 15) is 8.42 Å². The molecule has 14 heavy (non-hydrogen) atoms. The van der Waals surface area contributed by atoms with Gasteiger partial charge in [-0.2, -0.15) is 0 Å². The average molecular weight is 235 g/mol. The van der Waals surface area contributed by atoms with Crippen LogP contribution in [0.25, 0.3) is 0 Å². The monoisotopic (exact) mass is 234 g/mol. The normalized spacial score (nSPS) is 13.9. The molecule has 0 amide bonds. The van der Waals surface area contributed by atoms with Crippen molar-refractivity contribution in [1.29, 1.82) is 0 Å². The van der Waals surface area contributed by atoms with Gasteiger partial charge in [-0.25, -0.2) is 8.42 Å². The standard InChI is InChI=1S/C9H11ClO3S/c1-7(11)6-14(12,13)9-4-2-3-8(10)5-9/h2-5,7,11H,6H2,1H3. The Morgan fingerprint density at radius 1 is 1.50 bits per heavy atom. The van der Waals surface area contributed by atoms with E-state index in [4.69, 9.17) is 16.7 Å².